The second-order valence-corrected chi connectivity index (χ2v) is 13.8. The lowest BCUT2D eigenvalue weighted by Crippen LogP contribution is -2.26. The molecular weight excluding hydrogens is 569 g/mol. The molecule has 1 heterocycles. The molecular formula is C25H27F3N6O4S2. The van der Waals surface area contributed by atoms with Gasteiger partial charge in [0.25, 0.3) is 0 Å². The van der Waals surface area contributed by atoms with Gasteiger partial charge in [-0.2, -0.15) is 18.2 Å². The number of sulfonamides is 2. The van der Waals surface area contributed by atoms with E-state index >= 15 is 0 Å². The van der Waals surface area contributed by atoms with Crippen LogP contribution in [0.25, 0.3) is 0 Å². The minimum Gasteiger partial charge on any atom is -0.340 e. The molecule has 4 N–H and O–H groups in total. The zero-order chi connectivity index (χ0) is 28.5. The van der Waals surface area contributed by atoms with E-state index < -0.39 is 37.6 Å². The van der Waals surface area contributed by atoms with E-state index in [2.05, 4.69) is 30.0 Å². The zero-order valence-corrected chi connectivity index (χ0v) is 22.7. The summed E-state index contributed by atoms with van der Waals surface area (Å²) in [5.41, 5.74) is 1.13. The molecule has 10 nitrogen and oxygen atoms in total. The van der Waals surface area contributed by atoms with Gasteiger partial charge >= 0.3 is 6.18 Å². The van der Waals surface area contributed by atoms with E-state index in [9.17, 15) is 30.0 Å². The lowest BCUT2D eigenvalue weighted by molar-refractivity contribution is -0.137. The standard InChI is InChI=1S/C25H27F3N6O4S2/c26-25(27,28)22-15-29-24(33-19-7-3-17(4-8-19)14-31-40(37,38)21-11-12-21)34-23(22)32-18-5-1-16(2-6-18)13-30-39(35,36)20-9-10-20/h1-8,15,20-21,30-31H,9-14H2,(H2,29,32,33,34). The van der Waals surface area contributed by atoms with Crippen LogP contribution < -0.4 is 20.1 Å². The van der Waals surface area contributed by atoms with Gasteiger partial charge in [-0.05, 0) is 61.1 Å². The van der Waals surface area contributed by atoms with Crippen LogP contribution in [0.2, 0.25) is 0 Å². The molecule has 0 aliphatic heterocycles. The molecule has 214 valence electrons. The summed E-state index contributed by atoms with van der Waals surface area (Å²) in [6, 6.07) is 12.9. The Bertz CT molecular complexity index is 1570. The van der Waals surface area contributed by atoms with Crippen LogP contribution in [0.4, 0.5) is 36.3 Å². The van der Waals surface area contributed by atoms with E-state index in [4.69, 9.17) is 0 Å². The number of nitrogens with one attached hydrogen (secondary N) is 4. The van der Waals surface area contributed by atoms with Crippen molar-refractivity contribution in [1.82, 2.24) is 19.4 Å². The molecule has 40 heavy (non-hydrogen) atoms. The predicted molar refractivity (Wildman–Crippen MR) is 144 cm³/mol. The highest BCUT2D eigenvalue weighted by molar-refractivity contribution is 7.90. The van der Waals surface area contributed by atoms with Gasteiger partial charge in [0.2, 0.25) is 26.0 Å². The summed E-state index contributed by atoms with van der Waals surface area (Å²) < 4.78 is 94.0. The summed E-state index contributed by atoms with van der Waals surface area (Å²) in [5.74, 6) is -0.540. The van der Waals surface area contributed by atoms with E-state index in [-0.39, 0.29) is 29.5 Å². The van der Waals surface area contributed by atoms with E-state index in [1.807, 2.05) is 0 Å². The Hall–Kier alpha value is -3.27. The summed E-state index contributed by atoms with van der Waals surface area (Å²) in [7, 11) is -6.67. The molecule has 2 aliphatic carbocycles. The van der Waals surface area contributed by atoms with Gasteiger partial charge < -0.3 is 10.6 Å². The summed E-state index contributed by atoms with van der Waals surface area (Å²) >= 11 is 0. The number of anilines is 4. The van der Waals surface area contributed by atoms with Gasteiger partial charge in [0.15, 0.2) is 0 Å². The third-order valence-corrected chi connectivity index (χ3v) is 10.2. The van der Waals surface area contributed by atoms with Crippen LogP contribution in [0, 0.1) is 0 Å². The van der Waals surface area contributed by atoms with Crippen molar-refractivity contribution in [3.05, 3.63) is 71.4 Å². The lowest BCUT2D eigenvalue weighted by atomic mass is 10.2. The Morgan fingerprint density at radius 2 is 1.18 bits per heavy atom. The van der Waals surface area contributed by atoms with Crippen LogP contribution in [-0.2, 0) is 39.3 Å². The van der Waals surface area contributed by atoms with Gasteiger partial charge in [0.1, 0.15) is 11.4 Å². The van der Waals surface area contributed by atoms with Crippen molar-refractivity contribution in [2.24, 2.45) is 0 Å². The normalized spacial score (nSPS) is 16.1. The Balaban J connectivity index is 1.25. The maximum absolute atomic E-state index is 13.7. The van der Waals surface area contributed by atoms with Crippen molar-refractivity contribution >= 4 is 43.2 Å². The van der Waals surface area contributed by atoms with Gasteiger partial charge in [-0.3, -0.25) is 0 Å². The average Bonchev–Trinajstić information content (AvgIpc) is 3.80. The first kappa shape index (κ1) is 28.3. The molecule has 0 saturated heterocycles. The van der Waals surface area contributed by atoms with Crippen molar-refractivity contribution in [1.29, 1.82) is 0 Å². The largest absolute Gasteiger partial charge is 0.421 e. The molecule has 5 rings (SSSR count). The maximum Gasteiger partial charge on any atom is 0.421 e. The van der Waals surface area contributed by atoms with E-state index in [1.54, 1.807) is 36.4 Å². The molecule has 0 amide bonds. The van der Waals surface area contributed by atoms with Crippen LogP contribution in [0.3, 0.4) is 0 Å². The van der Waals surface area contributed by atoms with Crippen molar-refractivity contribution in [3.63, 3.8) is 0 Å². The number of hydrogen-bond acceptors (Lipinski definition) is 8. The van der Waals surface area contributed by atoms with Crippen molar-refractivity contribution < 1.29 is 30.0 Å². The number of aromatic nitrogens is 2. The fourth-order valence-electron chi connectivity index (χ4n) is 3.78. The van der Waals surface area contributed by atoms with Gasteiger partial charge in [-0.1, -0.05) is 24.3 Å². The number of benzene rings is 2. The summed E-state index contributed by atoms with van der Waals surface area (Å²) in [5, 5.41) is 4.86. The summed E-state index contributed by atoms with van der Waals surface area (Å²) in [4.78, 5) is 7.83. The van der Waals surface area contributed by atoms with Crippen molar-refractivity contribution in [2.75, 3.05) is 10.6 Å². The Kier molecular flexibility index (Phi) is 7.74. The fraction of sp³-hybridized carbons (Fsp3) is 0.360. The minimum atomic E-state index is -4.71. The van der Waals surface area contributed by atoms with Gasteiger partial charge in [-0.15, -0.1) is 0 Å². The third kappa shape index (κ3) is 7.27. The molecule has 15 heteroatoms. The third-order valence-electron chi connectivity index (χ3n) is 6.40. The Labute approximate surface area is 229 Å². The molecule has 2 fully saturated rings. The number of halogens is 3. The number of hydrogen-bond donors (Lipinski definition) is 4. The molecule has 0 radical (unpaired) electrons. The smallest absolute Gasteiger partial charge is 0.340 e. The highest BCUT2D eigenvalue weighted by atomic mass is 32.2. The first-order valence-corrected chi connectivity index (χ1v) is 15.6. The number of nitrogens with zero attached hydrogens (tertiary/aromatic N) is 2. The van der Waals surface area contributed by atoms with Crippen LogP contribution in [0.15, 0.2) is 54.7 Å². The molecule has 2 aromatic carbocycles. The monoisotopic (exact) mass is 596 g/mol. The topological polar surface area (TPSA) is 142 Å². The van der Waals surface area contributed by atoms with E-state index in [0.717, 1.165) is 0 Å². The number of alkyl halides is 3. The van der Waals surface area contributed by atoms with Crippen LogP contribution in [0.1, 0.15) is 42.4 Å². The van der Waals surface area contributed by atoms with Gasteiger partial charge in [0, 0.05) is 30.7 Å². The first-order valence-electron chi connectivity index (χ1n) is 12.5. The Morgan fingerprint density at radius 3 is 1.60 bits per heavy atom. The second kappa shape index (κ2) is 11.0. The molecule has 3 aromatic rings. The highest BCUT2D eigenvalue weighted by Crippen LogP contribution is 2.35. The molecule has 2 saturated carbocycles. The van der Waals surface area contributed by atoms with Crippen molar-refractivity contribution in [3.8, 4) is 0 Å². The average molecular weight is 597 g/mol. The van der Waals surface area contributed by atoms with E-state index in [1.165, 1.54) is 12.1 Å². The molecule has 2 aliphatic rings. The second-order valence-electron chi connectivity index (χ2n) is 9.73. The minimum absolute atomic E-state index is 0.0798. The van der Waals surface area contributed by atoms with Crippen LogP contribution in [0.5, 0.6) is 0 Å². The van der Waals surface area contributed by atoms with Crippen LogP contribution >= 0.6 is 0 Å². The zero-order valence-electron chi connectivity index (χ0n) is 21.1. The summed E-state index contributed by atoms with van der Waals surface area (Å²) in [6.07, 6.45) is -1.41. The molecule has 0 atom stereocenters. The SMILES string of the molecule is O=S(=O)(NCc1ccc(Nc2ncc(C(F)(F)F)c(Nc3ccc(CNS(=O)(=O)C4CC4)cc3)n2)cc1)C1CC1. The molecule has 0 spiro atoms. The van der Waals surface area contributed by atoms with E-state index in [0.29, 0.717) is 54.4 Å². The van der Waals surface area contributed by atoms with Gasteiger partial charge in [0.05, 0.1) is 10.5 Å². The highest BCUT2D eigenvalue weighted by Gasteiger charge is 2.37. The van der Waals surface area contributed by atoms with Crippen LogP contribution in [-0.4, -0.2) is 37.3 Å². The first-order chi connectivity index (χ1) is 18.9. The Morgan fingerprint density at radius 1 is 0.725 bits per heavy atom. The van der Waals surface area contributed by atoms with Gasteiger partial charge in [-0.25, -0.2) is 31.3 Å². The van der Waals surface area contributed by atoms with Crippen molar-refractivity contribution in [2.45, 2.75) is 55.4 Å². The molecule has 0 bridgehead atoms. The fourth-order valence-corrected chi connectivity index (χ4v) is 6.50. The predicted octanol–water partition coefficient (Wildman–Crippen LogP) is 4.15. The number of rotatable bonds is 12. The summed E-state index contributed by atoms with van der Waals surface area (Å²) in [6.45, 7) is 0.217. The maximum atomic E-state index is 13.7. The molecule has 1 aromatic heterocycles. The quantitative estimate of drug-likeness (QED) is 0.244. The molecule has 0 unspecified atom stereocenters. The lowest BCUT2D eigenvalue weighted by Gasteiger charge is -2.15.